The monoisotopic (exact) mass is 168 g/mol. The molecule has 0 amide bonds. The Bertz CT molecular complexity index is 163. The predicted octanol–water partition coefficient (Wildman–Crippen LogP) is 3.09. The fourth-order valence-corrected chi connectivity index (χ4v) is 0.918. The average Bonchev–Trinajstić information content (AvgIpc) is 1.85. The first-order valence-corrected chi connectivity index (χ1v) is 7.09. The average molecular weight is 168 g/mol. The molecule has 0 bridgehead atoms. The fraction of sp³-hybridized carbons (Fsp3) is 0.333. The van der Waals surface area contributed by atoms with E-state index in [0.717, 1.165) is 0 Å². The normalized spacial score (nSPS) is 12.6. The minimum atomic E-state index is -1.36. The van der Waals surface area contributed by atoms with Crippen molar-refractivity contribution in [1.29, 1.82) is 0 Å². The van der Waals surface area contributed by atoms with E-state index in [1.54, 1.807) is 12.3 Å². The van der Waals surface area contributed by atoms with Crippen molar-refractivity contribution in [2.75, 3.05) is 0 Å². The van der Waals surface area contributed by atoms with E-state index in [9.17, 15) is 0 Å². The lowest BCUT2D eigenvalue weighted by molar-refractivity contribution is 0.479. The van der Waals surface area contributed by atoms with Gasteiger partial charge in [0.25, 0.3) is 0 Å². The molecule has 0 aromatic heterocycles. The molecule has 0 fully saturated rings. The van der Waals surface area contributed by atoms with Crippen LogP contribution in [0.3, 0.4) is 0 Å². The van der Waals surface area contributed by atoms with Crippen molar-refractivity contribution >= 4 is 8.32 Å². The van der Waals surface area contributed by atoms with Crippen LogP contribution in [0.1, 0.15) is 0 Å². The fourth-order valence-electron chi connectivity index (χ4n) is 0.431. The number of allylic oxidation sites excluding steroid dienone is 4. The lowest BCUT2D eigenvalue weighted by Gasteiger charge is -2.13. The summed E-state index contributed by atoms with van der Waals surface area (Å²) in [4.78, 5) is 0. The summed E-state index contributed by atoms with van der Waals surface area (Å²) in [5, 5.41) is 0. The summed E-state index contributed by atoms with van der Waals surface area (Å²) in [5.41, 5.74) is 0. The van der Waals surface area contributed by atoms with Gasteiger partial charge >= 0.3 is 0 Å². The lowest BCUT2D eigenvalue weighted by atomic mass is 10.5. The van der Waals surface area contributed by atoms with Crippen LogP contribution in [-0.2, 0) is 4.43 Å². The Morgan fingerprint density at radius 3 is 2.18 bits per heavy atom. The smallest absolute Gasteiger partial charge is 0.241 e. The molecule has 11 heavy (non-hydrogen) atoms. The van der Waals surface area contributed by atoms with Crippen LogP contribution >= 0.6 is 0 Å². The van der Waals surface area contributed by atoms with Crippen molar-refractivity contribution in [2.45, 2.75) is 19.6 Å². The topological polar surface area (TPSA) is 9.23 Å². The van der Waals surface area contributed by atoms with E-state index >= 15 is 0 Å². The van der Waals surface area contributed by atoms with E-state index in [2.05, 4.69) is 26.2 Å². The third-order valence-corrected chi connectivity index (χ3v) is 1.70. The summed E-state index contributed by atoms with van der Waals surface area (Å²) < 4.78 is 5.45. The standard InChI is InChI=1S/C9H16OSi/c1-5-6-7-8-9-10-11(2,3)4/h5-9H,1H2,2-4H3. The maximum atomic E-state index is 5.45. The van der Waals surface area contributed by atoms with Crippen LogP contribution in [0.2, 0.25) is 19.6 Å². The van der Waals surface area contributed by atoms with Gasteiger partial charge < -0.3 is 4.43 Å². The number of hydrogen-bond acceptors (Lipinski definition) is 1. The molecule has 0 aliphatic heterocycles. The van der Waals surface area contributed by atoms with E-state index in [-0.39, 0.29) is 0 Å². The highest BCUT2D eigenvalue weighted by atomic mass is 28.4. The second kappa shape index (κ2) is 4.96. The van der Waals surface area contributed by atoms with Crippen molar-refractivity contribution in [3.63, 3.8) is 0 Å². The van der Waals surface area contributed by atoms with Crippen LogP contribution in [0.25, 0.3) is 0 Å². The van der Waals surface area contributed by atoms with Crippen molar-refractivity contribution < 1.29 is 4.43 Å². The first-order chi connectivity index (χ1) is 5.06. The van der Waals surface area contributed by atoms with Gasteiger partial charge in [-0.25, -0.2) is 0 Å². The largest absolute Gasteiger partial charge is 0.550 e. The van der Waals surface area contributed by atoms with Crippen molar-refractivity contribution in [3.05, 3.63) is 37.1 Å². The Labute approximate surface area is 70.2 Å². The highest BCUT2D eigenvalue weighted by Gasteiger charge is 2.12. The maximum Gasteiger partial charge on any atom is 0.241 e. The zero-order valence-corrected chi connectivity index (χ0v) is 8.50. The summed E-state index contributed by atoms with van der Waals surface area (Å²) in [6.07, 6.45) is 9.11. The molecule has 0 N–H and O–H groups in total. The summed E-state index contributed by atoms with van der Waals surface area (Å²) in [6.45, 7) is 10.00. The molecule has 2 heteroatoms. The van der Waals surface area contributed by atoms with E-state index in [0.29, 0.717) is 0 Å². The van der Waals surface area contributed by atoms with E-state index in [1.165, 1.54) is 0 Å². The molecule has 0 saturated carbocycles. The Hall–Kier alpha value is -0.763. The van der Waals surface area contributed by atoms with Crippen molar-refractivity contribution in [3.8, 4) is 0 Å². The third kappa shape index (κ3) is 9.24. The van der Waals surface area contributed by atoms with Crippen molar-refractivity contribution in [1.82, 2.24) is 0 Å². The SMILES string of the molecule is C=CC=CC=CO[Si](C)(C)C. The van der Waals surface area contributed by atoms with Crippen LogP contribution in [0.15, 0.2) is 37.1 Å². The molecule has 0 radical (unpaired) electrons. The lowest BCUT2D eigenvalue weighted by Crippen LogP contribution is -2.21. The first kappa shape index (κ1) is 10.2. The summed E-state index contributed by atoms with van der Waals surface area (Å²) in [7, 11) is -1.36. The molecule has 0 spiro atoms. The van der Waals surface area contributed by atoms with E-state index in [4.69, 9.17) is 4.43 Å². The van der Waals surface area contributed by atoms with Crippen LogP contribution in [0.4, 0.5) is 0 Å². The molecule has 0 atom stereocenters. The van der Waals surface area contributed by atoms with Gasteiger partial charge in [-0.05, 0) is 25.7 Å². The molecule has 0 saturated heterocycles. The second-order valence-electron chi connectivity index (χ2n) is 3.18. The Morgan fingerprint density at radius 1 is 1.09 bits per heavy atom. The van der Waals surface area contributed by atoms with Crippen LogP contribution in [-0.4, -0.2) is 8.32 Å². The van der Waals surface area contributed by atoms with Gasteiger partial charge in [0.15, 0.2) is 0 Å². The molecular weight excluding hydrogens is 152 g/mol. The quantitative estimate of drug-likeness (QED) is 0.356. The molecule has 0 aliphatic rings. The molecular formula is C9H16OSi. The Morgan fingerprint density at radius 2 is 1.73 bits per heavy atom. The van der Waals surface area contributed by atoms with Gasteiger partial charge in [0.1, 0.15) is 0 Å². The first-order valence-electron chi connectivity index (χ1n) is 3.68. The Balaban J connectivity index is 3.61. The van der Waals surface area contributed by atoms with Crippen molar-refractivity contribution in [2.24, 2.45) is 0 Å². The molecule has 0 heterocycles. The zero-order chi connectivity index (χ0) is 8.74. The van der Waals surface area contributed by atoms with Gasteiger partial charge in [0.05, 0.1) is 6.26 Å². The third-order valence-electron chi connectivity index (χ3n) is 0.858. The zero-order valence-electron chi connectivity index (χ0n) is 7.50. The number of rotatable bonds is 4. The molecule has 0 rings (SSSR count). The van der Waals surface area contributed by atoms with Crippen LogP contribution in [0, 0.1) is 0 Å². The molecule has 62 valence electrons. The van der Waals surface area contributed by atoms with Gasteiger partial charge in [-0.15, -0.1) is 0 Å². The second-order valence-corrected chi connectivity index (χ2v) is 7.64. The van der Waals surface area contributed by atoms with Crippen LogP contribution < -0.4 is 0 Å². The highest BCUT2D eigenvalue weighted by Crippen LogP contribution is 2.02. The Kier molecular flexibility index (Phi) is 4.62. The summed E-state index contributed by atoms with van der Waals surface area (Å²) >= 11 is 0. The van der Waals surface area contributed by atoms with Crippen LogP contribution in [0.5, 0.6) is 0 Å². The molecule has 1 nitrogen and oxygen atoms in total. The minimum absolute atomic E-state index is 1.36. The summed E-state index contributed by atoms with van der Waals surface area (Å²) in [5.74, 6) is 0. The molecule has 0 unspecified atom stereocenters. The molecule has 0 aliphatic carbocycles. The van der Waals surface area contributed by atoms with Gasteiger partial charge in [0, 0.05) is 0 Å². The number of hydrogen-bond donors (Lipinski definition) is 0. The predicted molar refractivity (Wildman–Crippen MR) is 52.9 cm³/mol. The van der Waals surface area contributed by atoms with Gasteiger partial charge in [-0.3, -0.25) is 0 Å². The minimum Gasteiger partial charge on any atom is -0.550 e. The van der Waals surface area contributed by atoms with E-state index in [1.807, 2.05) is 18.2 Å². The molecule has 0 aromatic rings. The summed E-state index contributed by atoms with van der Waals surface area (Å²) in [6, 6.07) is 0. The van der Waals surface area contributed by atoms with Gasteiger partial charge in [-0.2, -0.15) is 0 Å². The van der Waals surface area contributed by atoms with Gasteiger partial charge in [0.2, 0.25) is 8.32 Å². The highest BCUT2D eigenvalue weighted by molar-refractivity contribution is 6.69. The molecule has 0 aromatic carbocycles. The maximum absolute atomic E-state index is 5.45. The van der Waals surface area contributed by atoms with E-state index < -0.39 is 8.32 Å². The van der Waals surface area contributed by atoms with Gasteiger partial charge in [-0.1, -0.05) is 24.8 Å².